The van der Waals surface area contributed by atoms with Crippen LogP contribution in [0, 0.1) is 5.41 Å². The van der Waals surface area contributed by atoms with Crippen LogP contribution in [0.3, 0.4) is 0 Å². The fourth-order valence-electron chi connectivity index (χ4n) is 4.35. The summed E-state index contributed by atoms with van der Waals surface area (Å²) >= 11 is 0. The molecule has 1 spiro atoms. The van der Waals surface area contributed by atoms with Gasteiger partial charge in [-0.05, 0) is 55.2 Å². The van der Waals surface area contributed by atoms with Gasteiger partial charge in [-0.25, -0.2) is 4.79 Å². The average Bonchev–Trinajstić information content (AvgIpc) is 2.60. The van der Waals surface area contributed by atoms with Gasteiger partial charge in [-0.15, -0.1) is 0 Å². The van der Waals surface area contributed by atoms with Crippen molar-refractivity contribution in [3.05, 3.63) is 35.4 Å². The van der Waals surface area contributed by atoms with E-state index in [-0.39, 0.29) is 5.91 Å². The Kier molecular flexibility index (Phi) is 5.22. The Morgan fingerprint density at radius 2 is 1.67 bits per heavy atom. The van der Waals surface area contributed by atoms with Gasteiger partial charge < -0.3 is 10.0 Å². The predicted molar refractivity (Wildman–Crippen MR) is 93.1 cm³/mol. The molecule has 1 saturated carbocycles. The first kappa shape index (κ1) is 17.0. The molecule has 2 fully saturated rings. The van der Waals surface area contributed by atoms with E-state index in [1.807, 2.05) is 12.1 Å². The molecular weight excluding hydrogens is 302 g/mol. The Morgan fingerprint density at radius 3 is 2.33 bits per heavy atom. The molecule has 1 saturated heterocycles. The van der Waals surface area contributed by atoms with Crippen LogP contribution >= 0.6 is 0 Å². The standard InChI is InChI=1S/C20H27NO3/c22-18(10-7-16-5-8-17(9-6-16)19(23)24)21-14-4-13-20(15-21)11-2-1-3-12-20/h5-6,8-9H,1-4,7,10-15H2,(H,23,24). The van der Waals surface area contributed by atoms with Crippen molar-refractivity contribution in [2.75, 3.05) is 13.1 Å². The smallest absolute Gasteiger partial charge is 0.335 e. The highest BCUT2D eigenvalue weighted by Crippen LogP contribution is 2.43. The van der Waals surface area contributed by atoms with Gasteiger partial charge >= 0.3 is 5.97 Å². The number of carboxylic acid groups (broad SMARTS) is 1. The molecule has 24 heavy (non-hydrogen) atoms. The Labute approximate surface area is 143 Å². The number of carbonyl (C=O) groups is 2. The highest BCUT2D eigenvalue weighted by atomic mass is 16.4. The molecule has 4 nitrogen and oxygen atoms in total. The second kappa shape index (κ2) is 7.37. The minimum atomic E-state index is -0.913. The summed E-state index contributed by atoms with van der Waals surface area (Å²) in [5.41, 5.74) is 1.72. The Hall–Kier alpha value is -1.84. The number of hydrogen-bond acceptors (Lipinski definition) is 2. The van der Waals surface area contributed by atoms with Crippen LogP contribution in [0.4, 0.5) is 0 Å². The molecule has 1 aliphatic carbocycles. The molecular formula is C20H27NO3. The van der Waals surface area contributed by atoms with E-state index in [9.17, 15) is 9.59 Å². The van der Waals surface area contributed by atoms with Crippen molar-refractivity contribution in [1.82, 2.24) is 4.90 Å². The highest BCUT2D eigenvalue weighted by molar-refractivity contribution is 5.87. The van der Waals surface area contributed by atoms with E-state index in [2.05, 4.69) is 4.90 Å². The van der Waals surface area contributed by atoms with E-state index in [1.54, 1.807) is 12.1 Å². The van der Waals surface area contributed by atoms with Crippen molar-refractivity contribution < 1.29 is 14.7 Å². The number of aromatic carboxylic acids is 1. The zero-order valence-electron chi connectivity index (χ0n) is 14.3. The third-order valence-corrected chi connectivity index (χ3v) is 5.76. The highest BCUT2D eigenvalue weighted by Gasteiger charge is 2.37. The maximum Gasteiger partial charge on any atom is 0.335 e. The zero-order chi connectivity index (χ0) is 17.0. The molecule has 0 atom stereocenters. The lowest BCUT2D eigenvalue weighted by atomic mass is 9.69. The monoisotopic (exact) mass is 329 g/mol. The van der Waals surface area contributed by atoms with Gasteiger partial charge in [0.2, 0.25) is 5.91 Å². The average molecular weight is 329 g/mol. The van der Waals surface area contributed by atoms with Gasteiger partial charge in [0, 0.05) is 19.5 Å². The van der Waals surface area contributed by atoms with Crippen LogP contribution in [0.5, 0.6) is 0 Å². The van der Waals surface area contributed by atoms with E-state index in [1.165, 1.54) is 38.5 Å². The van der Waals surface area contributed by atoms with Crippen LogP contribution < -0.4 is 0 Å². The second-order valence-electron chi connectivity index (χ2n) is 7.48. The van der Waals surface area contributed by atoms with Crippen LogP contribution in [-0.4, -0.2) is 35.0 Å². The molecule has 1 heterocycles. The molecule has 3 rings (SSSR count). The minimum absolute atomic E-state index is 0.252. The molecule has 1 aromatic rings. The Bertz CT molecular complexity index is 582. The van der Waals surface area contributed by atoms with Gasteiger partial charge in [0.15, 0.2) is 0 Å². The maximum absolute atomic E-state index is 12.6. The topological polar surface area (TPSA) is 57.6 Å². The van der Waals surface area contributed by atoms with E-state index >= 15 is 0 Å². The molecule has 1 aliphatic heterocycles. The largest absolute Gasteiger partial charge is 0.478 e. The lowest BCUT2D eigenvalue weighted by molar-refractivity contribution is -0.135. The van der Waals surface area contributed by atoms with E-state index in [4.69, 9.17) is 5.11 Å². The number of carboxylic acids is 1. The summed E-state index contributed by atoms with van der Waals surface area (Å²) in [6.45, 7) is 1.85. The fourth-order valence-corrected chi connectivity index (χ4v) is 4.35. The lowest BCUT2D eigenvalue weighted by Gasteiger charge is -2.45. The van der Waals surface area contributed by atoms with Crippen LogP contribution in [0.1, 0.15) is 67.3 Å². The van der Waals surface area contributed by atoms with Crippen molar-refractivity contribution in [3.63, 3.8) is 0 Å². The van der Waals surface area contributed by atoms with E-state index in [0.29, 0.717) is 23.8 Å². The van der Waals surface area contributed by atoms with Crippen LogP contribution in [-0.2, 0) is 11.2 Å². The number of nitrogens with zero attached hydrogens (tertiary/aromatic N) is 1. The summed E-state index contributed by atoms with van der Waals surface area (Å²) in [7, 11) is 0. The SMILES string of the molecule is O=C(O)c1ccc(CCC(=O)N2CCCC3(CCCCC3)C2)cc1. The number of aryl methyl sites for hydroxylation is 1. The first-order valence-electron chi connectivity index (χ1n) is 9.18. The van der Waals surface area contributed by atoms with Crippen LogP contribution in [0.25, 0.3) is 0 Å². The fraction of sp³-hybridized carbons (Fsp3) is 0.600. The van der Waals surface area contributed by atoms with Gasteiger partial charge in [-0.1, -0.05) is 31.4 Å². The lowest BCUT2D eigenvalue weighted by Crippen LogP contribution is -2.47. The van der Waals surface area contributed by atoms with Gasteiger partial charge in [0.25, 0.3) is 0 Å². The number of likely N-dealkylation sites (tertiary alicyclic amines) is 1. The minimum Gasteiger partial charge on any atom is -0.478 e. The number of piperidine rings is 1. The summed E-state index contributed by atoms with van der Waals surface area (Å²) < 4.78 is 0. The van der Waals surface area contributed by atoms with Gasteiger partial charge in [-0.2, -0.15) is 0 Å². The first-order chi connectivity index (χ1) is 11.6. The van der Waals surface area contributed by atoms with Crippen molar-refractivity contribution in [3.8, 4) is 0 Å². The van der Waals surface area contributed by atoms with Gasteiger partial charge in [0.05, 0.1) is 5.56 Å². The number of carbonyl (C=O) groups excluding carboxylic acids is 1. The third-order valence-electron chi connectivity index (χ3n) is 5.76. The normalized spacial score (nSPS) is 20.1. The van der Waals surface area contributed by atoms with Crippen molar-refractivity contribution in [2.24, 2.45) is 5.41 Å². The molecule has 2 aliphatic rings. The third kappa shape index (κ3) is 3.97. The maximum atomic E-state index is 12.6. The molecule has 0 bridgehead atoms. The Balaban J connectivity index is 1.53. The summed E-state index contributed by atoms with van der Waals surface area (Å²) in [4.78, 5) is 25.6. The first-order valence-corrected chi connectivity index (χ1v) is 9.18. The van der Waals surface area contributed by atoms with E-state index in [0.717, 1.165) is 25.1 Å². The molecule has 0 aromatic heterocycles. The predicted octanol–water partition coefficient (Wildman–Crippen LogP) is 3.89. The van der Waals surface area contributed by atoms with Crippen molar-refractivity contribution >= 4 is 11.9 Å². The number of benzene rings is 1. The molecule has 0 unspecified atom stereocenters. The van der Waals surface area contributed by atoms with Crippen molar-refractivity contribution in [2.45, 2.75) is 57.8 Å². The molecule has 130 valence electrons. The quantitative estimate of drug-likeness (QED) is 0.911. The summed E-state index contributed by atoms with van der Waals surface area (Å²) in [6.07, 6.45) is 10.2. The van der Waals surface area contributed by atoms with Gasteiger partial charge in [0.1, 0.15) is 0 Å². The van der Waals surface area contributed by atoms with E-state index < -0.39 is 5.97 Å². The molecule has 1 N–H and O–H groups in total. The molecule has 1 amide bonds. The van der Waals surface area contributed by atoms with Crippen molar-refractivity contribution in [1.29, 1.82) is 0 Å². The Morgan fingerprint density at radius 1 is 1.00 bits per heavy atom. The summed E-state index contributed by atoms with van der Waals surface area (Å²) in [5, 5.41) is 8.92. The van der Waals surface area contributed by atoms with Crippen LogP contribution in [0.15, 0.2) is 24.3 Å². The van der Waals surface area contributed by atoms with Crippen LogP contribution in [0.2, 0.25) is 0 Å². The second-order valence-corrected chi connectivity index (χ2v) is 7.48. The number of rotatable bonds is 4. The summed E-state index contributed by atoms with van der Waals surface area (Å²) in [6, 6.07) is 6.85. The number of amides is 1. The molecule has 0 radical (unpaired) electrons. The summed E-state index contributed by atoms with van der Waals surface area (Å²) in [5.74, 6) is -0.661. The molecule has 1 aromatic carbocycles. The zero-order valence-corrected chi connectivity index (χ0v) is 14.3. The van der Waals surface area contributed by atoms with Gasteiger partial charge in [-0.3, -0.25) is 4.79 Å². The molecule has 4 heteroatoms. The number of hydrogen-bond donors (Lipinski definition) is 1.